The fourth-order valence-electron chi connectivity index (χ4n) is 2.02. The van der Waals surface area contributed by atoms with E-state index in [4.69, 9.17) is 5.11 Å². The van der Waals surface area contributed by atoms with Crippen LogP contribution in [-0.4, -0.2) is 35.1 Å². The van der Waals surface area contributed by atoms with Crippen molar-refractivity contribution in [2.75, 3.05) is 6.54 Å². The number of rotatable bonds is 4. The Labute approximate surface area is 95.6 Å². The molecule has 2 unspecified atom stereocenters. The van der Waals surface area contributed by atoms with Crippen LogP contribution < -0.4 is 10.6 Å². The first-order valence-corrected chi connectivity index (χ1v) is 5.59. The van der Waals surface area contributed by atoms with Gasteiger partial charge in [-0.05, 0) is 32.7 Å². The van der Waals surface area contributed by atoms with Crippen LogP contribution in [0.4, 0.5) is 0 Å². The van der Waals surface area contributed by atoms with E-state index in [1.165, 1.54) is 0 Å². The van der Waals surface area contributed by atoms with Gasteiger partial charge in [-0.15, -0.1) is 0 Å². The standard InChI is InChI=1S/C11H20N2O3/c1-7-4-5-12-9(7)10(16)13-11(2,3)6-8(14)15/h7,9,12H,4-6H2,1-3H3,(H,13,16)(H,14,15). The highest BCUT2D eigenvalue weighted by Crippen LogP contribution is 2.16. The van der Waals surface area contributed by atoms with Gasteiger partial charge in [0.15, 0.2) is 0 Å². The predicted octanol–water partition coefficient (Wildman–Crippen LogP) is 0.354. The van der Waals surface area contributed by atoms with Crippen molar-refractivity contribution >= 4 is 11.9 Å². The van der Waals surface area contributed by atoms with Crippen molar-refractivity contribution in [2.24, 2.45) is 5.92 Å². The number of amides is 1. The van der Waals surface area contributed by atoms with E-state index in [1.807, 2.05) is 6.92 Å². The van der Waals surface area contributed by atoms with E-state index in [0.29, 0.717) is 5.92 Å². The minimum Gasteiger partial charge on any atom is -0.481 e. The van der Waals surface area contributed by atoms with Gasteiger partial charge in [-0.2, -0.15) is 0 Å². The fourth-order valence-corrected chi connectivity index (χ4v) is 2.02. The van der Waals surface area contributed by atoms with Crippen molar-refractivity contribution in [3.05, 3.63) is 0 Å². The molecule has 0 aromatic carbocycles. The van der Waals surface area contributed by atoms with E-state index < -0.39 is 11.5 Å². The van der Waals surface area contributed by atoms with E-state index in [2.05, 4.69) is 10.6 Å². The average Bonchev–Trinajstić information content (AvgIpc) is 2.47. The van der Waals surface area contributed by atoms with Crippen molar-refractivity contribution in [1.82, 2.24) is 10.6 Å². The minimum atomic E-state index is -0.905. The van der Waals surface area contributed by atoms with Gasteiger partial charge in [0.05, 0.1) is 12.5 Å². The summed E-state index contributed by atoms with van der Waals surface area (Å²) in [5.74, 6) is -0.699. The number of carbonyl (C=O) groups is 2. The van der Waals surface area contributed by atoms with Crippen LogP contribution in [-0.2, 0) is 9.59 Å². The first kappa shape index (κ1) is 13.0. The first-order valence-electron chi connectivity index (χ1n) is 5.59. The van der Waals surface area contributed by atoms with Crippen LogP contribution in [0.2, 0.25) is 0 Å². The molecule has 1 aliphatic rings. The van der Waals surface area contributed by atoms with Crippen molar-refractivity contribution in [1.29, 1.82) is 0 Å². The summed E-state index contributed by atoms with van der Waals surface area (Å²) in [5.41, 5.74) is -0.701. The average molecular weight is 228 g/mol. The van der Waals surface area contributed by atoms with E-state index in [1.54, 1.807) is 13.8 Å². The van der Waals surface area contributed by atoms with Crippen molar-refractivity contribution < 1.29 is 14.7 Å². The maximum atomic E-state index is 11.9. The molecule has 16 heavy (non-hydrogen) atoms. The summed E-state index contributed by atoms with van der Waals surface area (Å²) in [6, 6.07) is -0.187. The van der Waals surface area contributed by atoms with E-state index in [9.17, 15) is 9.59 Å². The number of aliphatic carboxylic acids is 1. The molecule has 1 heterocycles. The molecule has 0 bridgehead atoms. The number of nitrogens with one attached hydrogen (secondary N) is 2. The Bertz CT molecular complexity index is 289. The third kappa shape index (κ3) is 3.48. The lowest BCUT2D eigenvalue weighted by atomic mass is 9.97. The third-order valence-corrected chi connectivity index (χ3v) is 2.87. The lowest BCUT2D eigenvalue weighted by molar-refractivity contribution is -0.138. The molecule has 0 aliphatic carbocycles. The SMILES string of the molecule is CC1CCNC1C(=O)NC(C)(C)CC(=O)O. The first-order chi connectivity index (χ1) is 7.32. The summed E-state index contributed by atoms with van der Waals surface area (Å²) < 4.78 is 0. The van der Waals surface area contributed by atoms with Crippen LogP contribution in [0.25, 0.3) is 0 Å². The molecule has 2 atom stereocenters. The van der Waals surface area contributed by atoms with Crippen LogP contribution in [0.5, 0.6) is 0 Å². The Hall–Kier alpha value is -1.10. The van der Waals surface area contributed by atoms with Gasteiger partial charge in [-0.25, -0.2) is 0 Å². The molecule has 1 aliphatic heterocycles. The molecule has 1 amide bonds. The fraction of sp³-hybridized carbons (Fsp3) is 0.818. The van der Waals surface area contributed by atoms with Crippen LogP contribution in [0.15, 0.2) is 0 Å². The highest BCUT2D eigenvalue weighted by Gasteiger charge is 2.33. The molecular formula is C11H20N2O3. The molecule has 0 aromatic heterocycles. The van der Waals surface area contributed by atoms with Gasteiger partial charge in [-0.1, -0.05) is 6.92 Å². The molecule has 3 N–H and O–H groups in total. The topological polar surface area (TPSA) is 78.4 Å². The smallest absolute Gasteiger partial charge is 0.305 e. The molecule has 1 rings (SSSR count). The molecule has 0 saturated carbocycles. The molecule has 0 aromatic rings. The molecular weight excluding hydrogens is 208 g/mol. The van der Waals surface area contributed by atoms with Gasteiger partial charge in [0.1, 0.15) is 0 Å². The van der Waals surface area contributed by atoms with Gasteiger partial charge in [-0.3, -0.25) is 9.59 Å². The second kappa shape index (κ2) is 4.82. The zero-order chi connectivity index (χ0) is 12.3. The molecule has 1 fully saturated rings. The number of carboxylic acids is 1. The summed E-state index contributed by atoms with van der Waals surface area (Å²) in [7, 11) is 0. The van der Waals surface area contributed by atoms with Gasteiger partial charge in [0, 0.05) is 5.54 Å². The Kier molecular flexibility index (Phi) is 3.91. The Morgan fingerprint density at radius 3 is 2.56 bits per heavy atom. The van der Waals surface area contributed by atoms with Gasteiger partial charge in [0.2, 0.25) is 5.91 Å². The Morgan fingerprint density at radius 2 is 2.12 bits per heavy atom. The summed E-state index contributed by atoms with van der Waals surface area (Å²) in [4.78, 5) is 22.5. The Balaban J connectivity index is 2.52. The number of carbonyl (C=O) groups excluding carboxylic acids is 1. The highest BCUT2D eigenvalue weighted by atomic mass is 16.4. The normalized spacial score (nSPS) is 25.4. The van der Waals surface area contributed by atoms with E-state index >= 15 is 0 Å². The second-order valence-electron chi connectivity index (χ2n) is 5.14. The van der Waals surface area contributed by atoms with E-state index in [-0.39, 0.29) is 18.4 Å². The van der Waals surface area contributed by atoms with Crippen molar-refractivity contribution in [2.45, 2.75) is 45.2 Å². The molecule has 5 nitrogen and oxygen atoms in total. The number of carboxylic acid groups (broad SMARTS) is 1. The largest absolute Gasteiger partial charge is 0.481 e. The molecule has 0 spiro atoms. The quantitative estimate of drug-likeness (QED) is 0.649. The summed E-state index contributed by atoms with van der Waals surface area (Å²) in [6.45, 7) is 6.31. The van der Waals surface area contributed by atoms with Crippen LogP contribution in [0, 0.1) is 5.92 Å². The zero-order valence-corrected chi connectivity index (χ0v) is 10.0. The predicted molar refractivity (Wildman–Crippen MR) is 60.0 cm³/mol. The number of hydrogen-bond donors (Lipinski definition) is 3. The lowest BCUT2D eigenvalue weighted by Gasteiger charge is -2.27. The third-order valence-electron chi connectivity index (χ3n) is 2.87. The Morgan fingerprint density at radius 1 is 1.50 bits per heavy atom. The monoisotopic (exact) mass is 228 g/mol. The lowest BCUT2D eigenvalue weighted by Crippen LogP contribution is -2.52. The van der Waals surface area contributed by atoms with Gasteiger partial charge < -0.3 is 15.7 Å². The van der Waals surface area contributed by atoms with Gasteiger partial charge >= 0.3 is 5.97 Å². The van der Waals surface area contributed by atoms with Crippen molar-refractivity contribution in [3.8, 4) is 0 Å². The zero-order valence-electron chi connectivity index (χ0n) is 10.0. The highest BCUT2D eigenvalue weighted by molar-refractivity contribution is 5.83. The molecule has 0 radical (unpaired) electrons. The summed E-state index contributed by atoms with van der Waals surface area (Å²) in [5, 5.41) is 14.6. The van der Waals surface area contributed by atoms with Crippen LogP contribution in [0.1, 0.15) is 33.6 Å². The molecule has 5 heteroatoms. The van der Waals surface area contributed by atoms with Crippen LogP contribution in [0.3, 0.4) is 0 Å². The number of hydrogen-bond acceptors (Lipinski definition) is 3. The van der Waals surface area contributed by atoms with Crippen LogP contribution >= 0.6 is 0 Å². The summed E-state index contributed by atoms with van der Waals surface area (Å²) in [6.07, 6.45) is 0.914. The minimum absolute atomic E-state index is 0.0696. The van der Waals surface area contributed by atoms with Gasteiger partial charge in [0.25, 0.3) is 0 Å². The summed E-state index contributed by atoms with van der Waals surface area (Å²) >= 11 is 0. The molecule has 92 valence electrons. The second-order valence-corrected chi connectivity index (χ2v) is 5.14. The molecule has 1 saturated heterocycles. The maximum absolute atomic E-state index is 11.9. The van der Waals surface area contributed by atoms with E-state index in [0.717, 1.165) is 13.0 Å². The van der Waals surface area contributed by atoms with Crippen molar-refractivity contribution in [3.63, 3.8) is 0 Å². The maximum Gasteiger partial charge on any atom is 0.305 e.